The van der Waals surface area contributed by atoms with Crippen LogP contribution in [0.4, 0.5) is 0 Å². The molecule has 0 bridgehead atoms. The van der Waals surface area contributed by atoms with Crippen LogP contribution in [0.1, 0.15) is 35.8 Å². The number of piperidine rings is 1. The monoisotopic (exact) mass is 412 g/mol. The zero-order valence-electron chi connectivity index (χ0n) is 17.7. The van der Waals surface area contributed by atoms with E-state index in [1.807, 2.05) is 36.7 Å². The highest BCUT2D eigenvalue weighted by Gasteiger charge is 2.29. The molecule has 4 rings (SSSR count). The minimum Gasteiger partial charge on any atom is -0.383 e. The van der Waals surface area contributed by atoms with Crippen LogP contribution in [0, 0.1) is 13.8 Å². The van der Waals surface area contributed by atoms with Gasteiger partial charge in [0.05, 0.1) is 35.8 Å². The third-order valence-corrected chi connectivity index (χ3v) is 5.42. The number of methoxy groups -OCH3 is 1. The number of fused-ring (bicyclic) bond motifs is 1. The van der Waals surface area contributed by atoms with E-state index in [0.717, 1.165) is 54.2 Å². The first-order valence-corrected chi connectivity index (χ1v) is 10.3. The molecule has 1 saturated heterocycles. The van der Waals surface area contributed by atoms with Gasteiger partial charge >= 0.3 is 0 Å². The van der Waals surface area contributed by atoms with E-state index in [1.54, 1.807) is 7.11 Å². The van der Waals surface area contributed by atoms with E-state index >= 15 is 0 Å². The predicted molar refractivity (Wildman–Crippen MR) is 111 cm³/mol. The van der Waals surface area contributed by atoms with E-state index in [4.69, 9.17) is 14.4 Å². The van der Waals surface area contributed by atoms with Crippen LogP contribution < -0.4 is 5.32 Å². The Morgan fingerprint density at radius 1 is 1.33 bits per heavy atom. The quantitative estimate of drug-likeness (QED) is 0.592. The zero-order chi connectivity index (χ0) is 21.1. The Labute approximate surface area is 175 Å². The summed E-state index contributed by atoms with van der Waals surface area (Å²) in [4.78, 5) is 19.1. The van der Waals surface area contributed by atoms with Crippen molar-refractivity contribution in [1.82, 2.24) is 30.0 Å². The summed E-state index contributed by atoms with van der Waals surface area (Å²) in [6, 6.07) is 3.90. The maximum absolute atomic E-state index is 12.3. The molecule has 1 aliphatic heterocycles. The van der Waals surface area contributed by atoms with Crippen molar-refractivity contribution in [3.8, 4) is 11.3 Å². The Morgan fingerprint density at radius 2 is 2.20 bits per heavy atom. The van der Waals surface area contributed by atoms with Crippen LogP contribution in [0.15, 0.2) is 22.9 Å². The van der Waals surface area contributed by atoms with Crippen molar-refractivity contribution in [2.45, 2.75) is 32.6 Å². The number of nitrogens with zero attached hydrogens (tertiary/aromatic N) is 5. The number of aryl methyl sites for hydroxylation is 2. The molecule has 1 fully saturated rings. The van der Waals surface area contributed by atoms with Gasteiger partial charge in [-0.2, -0.15) is 5.10 Å². The van der Waals surface area contributed by atoms with Crippen molar-refractivity contribution in [1.29, 1.82) is 0 Å². The van der Waals surface area contributed by atoms with Gasteiger partial charge < -0.3 is 14.6 Å². The molecule has 1 unspecified atom stereocenters. The molecule has 0 saturated carbocycles. The summed E-state index contributed by atoms with van der Waals surface area (Å²) >= 11 is 0. The first-order chi connectivity index (χ1) is 14.5. The van der Waals surface area contributed by atoms with Crippen molar-refractivity contribution < 1.29 is 14.1 Å². The SMILES string of the molecule is COCCNC(=O)CN1CCCC(c2c(-c3cc(C)no3)cnc3cc(C)nn23)C1. The van der Waals surface area contributed by atoms with Crippen LogP contribution in [-0.4, -0.2) is 70.5 Å². The van der Waals surface area contributed by atoms with Crippen molar-refractivity contribution in [3.05, 3.63) is 35.4 Å². The molecule has 9 heteroatoms. The number of hydrogen-bond acceptors (Lipinski definition) is 7. The smallest absolute Gasteiger partial charge is 0.234 e. The number of nitrogens with one attached hydrogen (secondary N) is 1. The number of amides is 1. The molecule has 0 aromatic carbocycles. The second kappa shape index (κ2) is 8.93. The van der Waals surface area contributed by atoms with Gasteiger partial charge in [0.25, 0.3) is 0 Å². The van der Waals surface area contributed by atoms with Gasteiger partial charge in [0.15, 0.2) is 11.4 Å². The summed E-state index contributed by atoms with van der Waals surface area (Å²) in [6.07, 6.45) is 3.87. The van der Waals surface area contributed by atoms with Crippen LogP contribution in [0.5, 0.6) is 0 Å². The number of carbonyl (C=O) groups is 1. The molecule has 0 spiro atoms. The van der Waals surface area contributed by atoms with Crippen LogP contribution in [0.25, 0.3) is 17.0 Å². The zero-order valence-corrected chi connectivity index (χ0v) is 17.7. The normalized spacial score (nSPS) is 17.5. The summed E-state index contributed by atoms with van der Waals surface area (Å²) in [7, 11) is 1.63. The van der Waals surface area contributed by atoms with E-state index < -0.39 is 0 Å². The maximum atomic E-state index is 12.3. The van der Waals surface area contributed by atoms with Crippen molar-refractivity contribution in [2.75, 3.05) is 39.9 Å². The highest BCUT2D eigenvalue weighted by Crippen LogP contribution is 2.34. The summed E-state index contributed by atoms with van der Waals surface area (Å²) in [5.41, 5.74) is 4.53. The first kappa shape index (κ1) is 20.5. The number of aromatic nitrogens is 4. The minimum absolute atomic E-state index is 0.0218. The lowest BCUT2D eigenvalue weighted by Gasteiger charge is -2.33. The van der Waals surface area contributed by atoms with Gasteiger partial charge in [-0.25, -0.2) is 9.50 Å². The lowest BCUT2D eigenvalue weighted by Crippen LogP contribution is -2.43. The number of carbonyl (C=O) groups excluding carboxylic acids is 1. The number of hydrogen-bond donors (Lipinski definition) is 1. The van der Waals surface area contributed by atoms with Crippen LogP contribution in [0.2, 0.25) is 0 Å². The van der Waals surface area contributed by atoms with Gasteiger partial charge in [-0.05, 0) is 33.2 Å². The molecule has 1 aliphatic rings. The Bertz CT molecular complexity index is 1030. The Kier molecular flexibility index (Phi) is 6.10. The second-order valence-corrected chi connectivity index (χ2v) is 7.86. The molecule has 4 heterocycles. The van der Waals surface area contributed by atoms with Crippen LogP contribution >= 0.6 is 0 Å². The highest BCUT2D eigenvalue weighted by atomic mass is 16.5. The van der Waals surface area contributed by atoms with Gasteiger partial charge in [-0.3, -0.25) is 9.69 Å². The molecular formula is C21H28N6O3. The van der Waals surface area contributed by atoms with Crippen molar-refractivity contribution in [2.24, 2.45) is 0 Å². The van der Waals surface area contributed by atoms with Gasteiger partial charge in [-0.1, -0.05) is 5.16 Å². The molecule has 1 N–H and O–H groups in total. The van der Waals surface area contributed by atoms with E-state index in [-0.39, 0.29) is 11.8 Å². The van der Waals surface area contributed by atoms with E-state index in [2.05, 4.69) is 20.4 Å². The van der Waals surface area contributed by atoms with E-state index in [9.17, 15) is 4.79 Å². The van der Waals surface area contributed by atoms with Crippen molar-refractivity contribution >= 4 is 11.6 Å². The molecule has 3 aromatic rings. The molecule has 0 aliphatic carbocycles. The Hall–Kier alpha value is -2.78. The van der Waals surface area contributed by atoms with Gasteiger partial charge in [0.2, 0.25) is 5.91 Å². The van der Waals surface area contributed by atoms with Gasteiger partial charge in [-0.15, -0.1) is 0 Å². The Morgan fingerprint density at radius 3 is 2.97 bits per heavy atom. The number of ether oxygens (including phenoxy) is 1. The molecule has 30 heavy (non-hydrogen) atoms. The second-order valence-electron chi connectivity index (χ2n) is 7.86. The van der Waals surface area contributed by atoms with E-state index in [0.29, 0.717) is 25.5 Å². The average molecular weight is 412 g/mol. The molecule has 9 nitrogen and oxygen atoms in total. The highest BCUT2D eigenvalue weighted by molar-refractivity contribution is 5.78. The summed E-state index contributed by atoms with van der Waals surface area (Å²) < 4.78 is 12.5. The molecule has 160 valence electrons. The molecule has 1 atom stereocenters. The predicted octanol–water partition coefficient (Wildman–Crippen LogP) is 1.94. The molecular weight excluding hydrogens is 384 g/mol. The maximum Gasteiger partial charge on any atom is 0.234 e. The van der Waals surface area contributed by atoms with Gasteiger partial charge in [0, 0.05) is 44.4 Å². The fourth-order valence-corrected chi connectivity index (χ4v) is 4.11. The van der Waals surface area contributed by atoms with Crippen LogP contribution in [-0.2, 0) is 9.53 Å². The third-order valence-electron chi connectivity index (χ3n) is 5.42. The third kappa shape index (κ3) is 4.36. The largest absolute Gasteiger partial charge is 0.383 e. The standard InChI is InChI=1S/C21H28N6O3/c1-14-10-19-23-11-17(18-9-15(2)25-30-18)21(27(19)24-14)16-5-4-7-26(12-16)13-20(28)22-6-8-29-3/h9-11,16H,4-8,12-13H2,1-3H3,(H,22,28). The molecule has 1 amide bonds. The lowest BCUT2D eigenvalue weighted by atomic mass is 9.91. The topological polar surface area (TPSA) is 97.8 Å². The number of rotatable bonds is 7. The minimum atomic E-state index is 0.0218. The molecule has 0 radical (unpaired) electrons. The average Bonchev–Trinajstić information content (AvgIpc) is 3.32. The van der Waals surface area contributed by atoms with E-state index in [1.165, 1.54) is 0 Å². The van der Waals surface area contributed by atoms with Crippen LogP contribution in [0.3, 0.4) is 0 Å². The summed E-state index contributed by atoms with van der Waals surface area (Å²) in [5, 5.41) is 11.6. The molecule has 3 aromatic heterocycles. The fourth-order valence-electron chi connectivity index (χ4n) is 4.11. The summed E-state index contributed by atoms with van der Waals surface area (Å²) in [6.45, 7) is 6.97. The summed E-state index contributed by atoms with van der Waals surface area (Å²) in [5.74, 6) is 0.920. The van der Waals surface area contributed by atoms with Crippen molar-refractivity contribution in [3.63, 3.8) is 0 Å². The lowest BCUT2D eigenvalue weighted by molar-refractivity contribution is -0.122. The Balaban J connectivity index is 1.62. The fraction of sp³-hybridized carbons (Fsp3) is 0.524. The first-order valence-electron chi connectivity index (χ1n) is 10.3. The van der Waals surface area contributed by atoms with Gasteiger partial charge in [0.1, 0.15) is 0 Å². The number of likely N-dealkylation sites (tertiary alicyclic amines) is 1.